The van der Waals surface area contributed by atoms with Gasteiger partial charge in [0.2, 0.25) is 5.91 Å². The van der Waals surface area contributed by atoms with E-state index in [4.69, 9.17) is 0 Å². The molecule has 0 aromatic heterocycles. The first-order valence-corrected chi connectivity index (χ1v) is 5.27. The molecule has 1 aromatic carbocycles. The lowest BCUT2D eigenvalue weighted by atomic mass is 10.1. The molecule has 15 heavy (non-hydrogen) atoms. The molecular formula is C13H17NO. The van der Waals surface area contributed by atoms with Crippen LogP contribution in [0, 0.1) is 0 Å². The summed E-state index contributed by atoms with van der Waals surface area (Å²) in [5.74, 6) is -0.0267. The van der Waals surface area contributed by atoms with Crippen molar-refractivity contribution in [2.24, 2.45) is 0 Å². The number of amides is 1. The summed E-state index contributed by atoms with van der Waals surface area (Å²) < 4.78 is 0. The van der Waals surface area contributed by atoms with Crippen LogP contribution in [0.25, 0.3) is 5.70 Å². The van der Waals surface area contributed by atoms with Crippen molar-refractivity contribution in [3.63, 3.8) is 0 Å². The summed E-state index contributed by atoms with van der Waals surface area (Å²) in [6, 6.07) is 9.90. The minimum atomic E-state index is -0.0267. The Balaban J connectivity index is 2.86. The van der Waals surface area contributed by atoms with Crippen molar-refractivity contribution in [2.75, 3.05) is 0 Å². The van der Waals surface area contributed by atoms with Crippen LogP contribution in [0.3, 0.4) is 0 Å². The average molecular weight is 203 g/mol. The van der Waals surface area contributed by atoms with Gasteiger partial charge in [0.05, 0.1) is 0 Å². The van der Waals surface area contributed by atoms with Crippen LogP contribution in [0.4, 0.5) is 0 Å². The molecule has 0 unspecified atom stereocenters. The molecule has 0 radical (unpaired) electrons. The van der Waals surface area contributed by atoms with Crippen LogP contribution in [0.15, 0.2) is 36.4 Å². The van der Waals surface area contributed by atoms with E-state index >= 15 is 0 Å². The monoisotopic (exact) mass is 203 g/mol. The van der Waals surface area contributed by atoms with Crippen LogP contribution in [0.5, 0.6) is 0 Å². The van der Waals surface area contributed by atoms with Crippen molar-refractivity contribution < 1.29 is 4.79 Å². The van der Waals surface area contributed by atoms with E-state index in [1.54, 1.807) is 0 Å². The van der Waals surface area contributed by atoms with Gasteiger partial charge in [-0.15, -0.1) is 0 Å². The third-order valence-electron chi connectivity index (χ3n) is 2.03. The van der Waals surface area contributed by atoms with E-state index in [9.17, 15) is 4.79 Å². The lowest BCUT2D eigenvalue weighted by Crippen LogP contribution is -2.18. The number of benzene rings is 1. The highest BCUT2D eigenvalue weighted by Gasteiger charge is 2.01. The highest BCUT2D eigenvalue weighted by molar-refractivity contribution is 5.84. The molecule has 2 heteroatoms. The van der Waals surface area contributed by atoms with E-state index in [1.807, 2.05) is 30.3 Å². The number of rotatable bonds is 4. The van der Waals surface area contributed by atoms with E-state index in [0.717, 1.165) is 24.1 Å². The molecular weight excluding hydrogens is 186 g/mol. The molecule has 0 atom stereocenters. The van der Waals surface area contributed by atoms with Gasteiger partial charge in [0, 0.05) is 12.6 Å². The fourth-order valence-electron chi connectivity index (χ4n) is 1.34. The number of allylic oxidation sites excluding steroid dienone is 1. The number of nitrogens with one attached hydrogen (secondary N) is 1. The predicted octanol–water partition coefficient (Wildman–Crippen LogP) is 2.96. The molecule has 0 aliphatic rings. The van der Waals surface area contributed by atoms with Gasteiger partial charge in [-0.05, 0) is 12.0 Å². The fourth-order valence-corrected chi connectivity index (χ4v) is 1.34. The molecule has 0 heterocycles. The number of carbonyl (C=O) groups excluding carboxylic acids is 1. The van der Waals surface area contributed by atoms with Gasteiger partial charge in [-0.3, -0.25) is 4.79 Å². The molecule has 0 saturated carbocycles. The maximum Gasteiger partial charge on any atom is 0.221 e. The molecule has 0 aliphatic heterocycles. The summed E-state index contributed by atoms with van der Waals surface area (Å²) in [5.41, 5.74) is 1.96. The Morgan fingerprint density at radius 3 is 2.53 bits per heavy atom. The quantitative estimate of drug-likeness (QED) is 0.800. The van der Waals surface area contributed by atoms with Crippen molar-refractivity contribution in [1.82, 2.24) is 5.32 Å². The lowest BCUT2D eigenvalue weighted by Gasteiger charge is -2.08. The first kappa shape index (κ1) is 11.5. The average Bonchev–Trinajstić information content (AvgIpc) is 2.25. The Labute approximate surface area is 91.0 Å². The zero-order chi connectivity index (χ0) is 11.1. The Morgan fingerprint density at radius 1 is 1.33 bits per heavy atom. The first-order chi connectivity index (χ1) is 7.24. The Hall–Kier alpha value is -1.57. The van der Waals surface area contributed by atoms with Crippen molar-refractivity contribution in [3.8, 4) is 0 Å². The second-order valence-corrected chi connectivity index (χ2v) is 3.45. The second kappa shape index (κ2) is 6.02. The zero-order valence-electron chi connectivity index (χ0n) is 9.29. The topological polar surface area (TPSA) is 29.1 Å². The highest BCUT2D eigenvalue weighted by Crippen LogP contribution is 2.12. The van der Waals surface area contributed by atoms with E-state index in [2.05, 4.69) is 18.3 Å². The number of unbranched alkanes of at least 4 members (excludes halogenated alkanes) is 1. The number of hydrogen-bond donors (Lipinski definition) is 1. The summed E-state index contributed by atoms with van der Waals surface area (Å²) in [6.45, 7) is 3.65. The van der Waals surface area contributed by atoms with Crippen LogP contribution in [0.2, 0.25) is 0 Å². The largest absolute Gasteiger partial charge is 0.326 e. The SMILES string of the molecule is CCC/C=C(/NC(C)=O)c1ccccc1. The summed E-state index contributed by atoms with van der Waals surface area (Å²) in [7, 11) is 0. The first-order valence-electron chi connectivity index (χ1n) is 5.27. The molecule has 1 N–H and O–H groups in total. The molecule has 0 spiro atoms. The Bertz CT molecular complexity index is 341. The summed E-state index contributed by atoms with van der Waals surface area (Å²) in [4.78, 5) is 11.0. The predicted molar refractivity (Wildman–Crippen MR) is 63.1 cm³/mol. The smallest absolute Gasteiger partial charge is 0.221 e. The van der Waals surface area contributed by atoms with Crippen LogP contribution >= 0.6 is 0 Å². The van der Waals surface area contributed by atoms with Crippen LogP contribution < -0.4 is 5.32 Å². The van der Waals surface area contributed by atoms with Gasteiger partial charge in [-0.1, -0.05) is 49.8 Å². The molecule has 0 aliphatic carbocycles. The van der Waals surface area contributed by atoms with Crippen molar-refractivity contribution in [1.29, 1.82) is 0 Å². The standard InChI is InChI=1S/C13H17NO/c1-3-4-10-13(14-11(2)15)12-8-6-5-7-9-12/h5-10H,3-4H2,1-2H3,(H,14,15)/b13-10+. The molecule has 80 valence electrons. The van der Waals surface area contributed by atoms with Crippen molar-refractivity contribution >= 4 is 11.6 Å². The normalized spacial score (nSPS) is 11.2. The minimum absolute atomic E-state index is 0.0267. The third kappa shape index (κ3) is 3.98. The number of carbonyl (C=O) groups is 1. The molecule has 0 saturated heterocycles. The van der Waals surface area contributed by atoms with Crippen LogP contribution in [-0.4, -0.2) is 5.91 Å². The van der Waals surface area contributed by atoms with Gasteiger partial charge in [-0.25, -0.2) is 0 Å². The molecule has 2 nitrogen and oxygen atoms in total. The Kier molecular flexibility index (Phi) is 4.61. The van der Waals surface area contributed by atoms with E-state index in [0.29, 0.717) is 0 Å². The maximum absolute atomic E-state index is 11.0. The van der Waals surface area contributed by atoms with Crippen LogP contribution in [0.1, 0.15) is 32.3 Å². The van der Waals surface area contributed by atoms with Crippen molar-refractivity contribution in [3.05, 3.63) is 42.0 Å². The van der Waals surface area contributed by atoms with Gasteiger partial charge < -0.3 is 5.32 Å². The number of hydrogen-bond acceptors (Lipinski definition) is 1. The van der Waals surface area contributed by atoms with E-state index < -0.39 is 0 Å². The van der Waals surface area contributed by atoms with Gasteiger partial charge in [0.1, 0.15) is 0 Å². The fraction of sp³-hybridized carbons (Fsp3) is 0.308. The highest BCUT2D eigenvalue weighted by atomic mass is 16.1. The maximum atomic E-state index is 11.0. The molecule has 1 aromatic rings. The van der Waals surface area contributed by atoms with Crippen molar-refractivity contribution in [2.45, 2.75) is 26.7 Å². The van der Waals surface area contributed by atoms with Gasteiger partial charge in [-0.2, -0.15) is 0 Å². The summed E-state index contributed by atoms with van der Waals surface area (Å²) >= 11 is 0. The summed E-state index contributed by atoms with van der Waals surface area (Å²) in [5, 5.41) is 2.85. The lowest BCUT2D eigenvalue weighted by molar-refractivity contribution is -0.117. The van der Waals surface area contributed by atoms with Gasteiger partial charge >= 0.3 is 0 Å². The Morgan fingerprint density at radius 2 is 2.00 bits per heavy atom. The third-order valence-corrected chi connectivity index (χ3v) is 2.03. The molecule has 1 rings (SSSR count). The van der Waals surface area contributed by atoms with Crippen LogP contribution in [-0.2, 0) is 4.79 Å². The summed E-state index contributed by atoms with van der Waals surface area (Å²) in [6.07, 6.45) is 4.12. The van der Waals surface area contributed by atoms with Gasteiger partial charge in [0.15, 0.2) is 0 Å². The second-order valence-electron chi connectivity index (χ2n) is 3.45. The molecule has 1 amide bonds. The van der Waals surface area contributed by atoms with Gasteiger partial charge in [0.25, 0.3) is 0 Å². The van der Waals surface area contributed by atoms with E-state index in [1.165, 1.54) is 6.92 Å². The van der Waals surface area contributed by atoms with E-state index in [-0.39, 0.29) is 5.91 Å². The molecule has 0 fully saturated rings. The molecule has 0 bridgehead atoms. The zero-order valence-corrected chi connectivity index (χ0v) is 9.29. The minimum Gasteiger partial charge on any atom is -0.326 e.